The number of piperazine rings is 1. The molecule has 0 aromatic heterocycles. The zero-order valence-electron chi connectivity index (χ0n) is 12.4. The van der Waals surface area contributed by atoms with Gasteiger partial charge in [-0.2, -0.15) is 13.2 Å². The van der Waals surface area contributed by atoms with Crippen molar-refractivity contribution in [2.24, 2.45) is 0 Å². The van der Waals surface area contributed by atoms with Gasteiger partial charge >= 0.3 is 6.18 Å². The van der Waals surface area contributed by atoms with Gasteiger partial charge in [-0.05, 0) is 18.1 Å². The van der Waals surface area contributed by atoms with Gasteiger partial charge in [-0.25, -0.2) is 0 Å². The third-order valence-corrected chi connectivity index (χ3v) is 4.10. The average molecular weight is 392 g/mol. The molecule has 0 radical (unpaired) electrons. The number of rotatable bonds is 4. The van der Waals surface area contributed by atoms with Crippen molar-refractivity contribution in [2.75, 3.05) is 26.2 Å². The molecule has 1 aromatic carbocycles. The Labute approximate surface area is 151 Å². The summed E-state index contributed by atoms with van der Waals surface area (Å²) in [5, 5.41) is 3.03. The van der Waals surface area contributed by atoms with Gasteiger partial charge in [-0.1, -0.05) is 29.8 Å². The van der Waals surface area contributed by atoms with Crippen molar-refractivity contribution in [3.8, 4) is 0 Å². The van der Waals surface area contributed by atoms with Crippen molar-refractivity contribution in [3.05, 3.63) is 47.0 Å². The second kappa shape index (κ2) is 9.74. The van der Waals surface area contributed by atoms with Crippen LogP contribution in [0.5, 0.6) is 0 Å². The lowest BCUT2D eigenvalue weighted by Gasteiger charge is -2.35. The molecule has 0 aliphatic carbocycles. The molecule has 1 heterocycles. The number of alkyl halides is 3. The van der Waals surface area contributed by atoms with Gasteiger partial charge in [-0.15, -0.1) is 31.4 Å². The lowest BCUT2D eigenvalue weighted by atomic mass is 9.98. The highest BCUT2D eigenvalue weighted by atomic mass is 35.5. The Balaban J connectivity index is 0.00000242. The highest BCUT2D eigenvalue weighted by molar-refractivity contribution is 6.32. The molecule has 1 aromatic rings. The van der Waals surface area contributed by atoms with Crippen LogP contribution >= 0.6 is 36.4 Å². The summed E-state index contributed by atoms with van der Waals surface area (Å²) in [6, 6.07) is 3.95. The van der Waals surface area contributed by atoms with Crippen LogP contribution in [0, 0.1) is 0 Å². The second-order valence-corrected chi connectivity index (χ2v) is 5.41. The molecule has 1 saturated heterocycles. The van der Waals surface area contributed by atoms with Crippen LogP contribution in [0.15, 0.2) is 30.9 Å². The maximum Gasteiger partial charge on any atom is 0.417 e. The second-order valence-electron chi connectivity index (χ2n) is 5.03. The van der Waals surface area contributed by atoms with E-state index in [0.29, 0.717) is 12.0 Å². The van der Waals surface area contributed by atoms with Gasteiger partial charge < -0.3 is 5.32 Å². The van der Waals surface area contributed by atoms with Gasteiger partial charge in [0.05, 0.1) is 10.6 Å². The molecule has 1 fully saturated rings. The van der Waals surface area contributed by atoms with E-state index in [1.165, 1.54) is 6.07 Å². The third-order valence-electron chi connectivity index (χ3n) is 3.68. The lowest BCUT2D eigenvalue weighted by molar-refractivity contribution is -0.137. The van der Waals surface area contributed by atoms with Gasteiger partial charge in [0.15, 0.2) is 0 Å². The summed E-state index contributed by atoms with van der Waals surface area (Å²) in [7, 11) is 0. The van der Waals surface area contributed by atoms with Crippen molar-refractivity contribution >= 4 is 36.4 Å². The van der Waals surface area contributed by atoms with Crippen LogP contribution in [0.2, 0.25) is 5.02 Å². The molecule has 132 valence electrons. The van der Waals surface area contributed by atoms with Gasteiger partial charge in [0.25, 0.3) is 0 Å². The van der Waals surface area contributed by atoms with E-state index < -0.39 is 11.7 Å². The first-order valence-electron chi connectivity index (χ1n) is 6.86. The summed E-state index contributed by atoms with van der Waals surface area (Å²) in [6.07, 6.45) is -2.14. The Hall–Kier alpha value is -0.460. The quantitative estimate of drug-likeness (QED) is 0.747. The fourth-order valence-electron chi connectivity index (χ4n) is 2.65. The summed E-state index contributed by atoms with van der Waals surface area (Å²) in [5.74, 6) is 0. The number of hydrogen-bond donors (Lipinski definition) is 1. The molecule has 23 heavy (non-hydrogen) atoms. The van der Waals surface area contributed by atoms with E-state index in [4.69, 9.17) is 11.6 Å². The molecule has 0 saturated carbocycles. The standard InChI is InChI=1S/C15H18ClF3N2.2ClH/c1-2-4-13(21-9-7-20-8-10-21)11-5-3-6-12(14(11)16)15(17,18)19;;/h2-3,5-6,13,20H,1,4,7-10H2;2*1H/t13-;;/m0../s1. The van der Waals surface area contributed by atoms with Crippen LogP contribution in [0.25, 0.3) is 0 Å². The highest BCUT2D eigenvalue weighted by Crippen LogP contribution is 2.40. The number of nitrogens with one attached hydrogen (secondary N) is 1. The van der Waals surface area contributed by atoms with Crippen molar-refractivity contribution in [2.45, 2.75) is 18.6 Å². The first-order valence-corrected chi connectivity index (χ1v) is 7.24. The van der Waals surface area contributed by atoms with Crippen LogP contribution in [0.1, 0.15) is 23.6 Å². The molecule has 2 rings (SSSR count). The molecule has 1 atom stereocenters. The van der Waals surface area contributed by atoms with E-state index in [0.717, 1.165) is 32.2 Å². The van der Waals surface area contributed by atoms with Crippen molar-refractivity contribution in [3.63, 3.8) is 0 Å². The Bertz CT molecular complexity index is 503. The summed E-state index contributed by atoms with van der Waals surface area (Å²) >= 11 is 6.05. The molecule has 1 N–H and O–H groups in total. The minimum Gasteiger partial charge on any atom is -0.314 e. The van der Waals surface area contributed by atoms with Gasteiger partial charge in [0.2, 0.25) is 0 Å². The highest BCUT2D eigenvalue weighted by Gasteiger charge is 2.35. The number of nitrogens with zero attached hydrogens (tertiary/aromatic N) is 1. The number of hydrogen-bond acceptors (Lipinski definition) is 2. The number of benzene rings is 1. The predicted octanol–water partition coefficient (Wildman–Crippen LogP) is 4.72. The van der Waals surface area contributed by atoms with Crippen molar-refractivity contribution in [1.82, 2.24) is 10.2 Å². The van der Waals surface area contributed by atoms with E-state index >= 15 is 0 Å². The van der Waals surface area contributed by atoms with E-state index in [9.17, 15) is 13.2 Å². The Morgan fingerprint density at radius 1 is 1.26 bits per heavy atom. The molecular weight excluding hydrogens is 372 g/mol. The smallest absolute Gasteiger partial charge is 0.314 e. The van der Waals surface area contributed by atoms with Crippen molar-refractivity contribution in [1.29, 1.82) is 0 Å². The van der Waals surface area contributed by atoms with Crippen LogP contribution in [0.3, 0.4) is 0 Å². The summed E-state index contributed by atoms with van der Waals surface area (Å²) in [4.78, 5) is 2.15. The third kappa shape index (κ3) is 5.54. The monoisotopic (exact) mass is 390 g/mol. The van der Waals surface area contributed by atoms with Crippen LogP contribution in [0.4, 0.5) is 13.2 Å². The normalized spacial score (nSPS) is 16.9. The Morgan fingerprint density at radius 2 is 1.87 bits per heavy atom. The molecule has 1 aliphatic heterocycles. The Kier molecular flexibility index (Phi) is 9.55. The summed E-state index contributed by atoms with van der Waals surface area (Å²) in [6.45, 7) is 6.93. The van der Waals surface area contributed by atoms with E-state index in [1.54, 1.807) is 12.1 Å². The van der Waals surface area contributed by atoms with E-state index in [1.807, 2.05) is 0 Å². The molecular formula is C15H20Cl3F3N2. The summed E-state index contributed by atoms with van der Waals surface area (Å²) in [5.41, 5.74) is -0.251. The zero-order chi connectivity index (χ0) is 15.5. The SMILES string of the molecule is C=CC[C@@H](c1cccc(C(F)(F)F)c1Cl)N1CCNCC1.Cl.Cl. The van der Waals surface area contributed by atoms with Crippen molar-refractivity contribution < 1.29 is 13.2 Å². The van der Waals surface area contributed by atoms with Crippen LogP contribution in [-0.4, -0.2) is 31.1 Å². The molecule has 2 nitrogen and oxygen atoms in total. The fraction of sp³-hybridized carbons (Fsp3) is 0.467. The number of halogens is 6. The van der Waals surface area contributed by atoms with Crippen LogP contribution in [-0.2, 0) is 6.18 Å². The van der Waals surface area contributed by atoms with E-state index in [-0.39, 0.29) is 35.9 Å². The van der Waals surface area contributed by atoms with Crippen LogP contribution < -0.4 is 5.32 Å². The van der Waals surface area contributed by atoms with E-state index in [2.05, 4.69) is 16.8 Å². The zero-order valence-corrected chi connectivity index (χ0v) is 14.8. The maximum absolute atomic E-state index is 13.0. The summed E-state index contributed by atoms with van der Waals surface area (Å²) < 4.78 is 39.0. The molecule has 0 bridgehead atoms. The maximum atomic E-state index is 13.0. The van der Waals surface area contributed by atoms with Gasteiger partial charge in [0, 0.05) is 32.2 Å². The van der Waals surface area contributed by atoms with Gasteiger partial charge in [0.1, 0.15) is 0 Å². The molecule has 1 aliphatic rings. The first-order chi connectivity index (χ1) is 9.95. The lowest BCUT2D eigenvalue weighted by Crippen LogP contribution is -2.45. The molecule has 0 unspecified atom stereocenters. The minimum atomic E-state index is -4.44. The largest absolute Gasteiger partial charge is 0.417 e. The minimum absolute atomic E-state index is 0. The molecule has 0 spiro atoms. The topological polar surface area (TPSA) is 15.3 Å². The van der Waals surface area contributed by atoms with Gasteiger partial charge in [-0.3, -0.25) is 4.90 Å². The molecule has 8 heteroatoms. The predicted molar refractivity (Wildman–Crippen MR) is 92.9 cm³/mol. The fourth-order valence-corrected chi connectivity index (χ4v) is 3.01. The Morgan fingerprint density at radius 3 is 2.39 bits per heavy atom. The average Bonchev–Trinajstić information content (AvgIpc) is 2.45. The first kappa shape index (κ1) is 22.5. The molecule has 0 amide bonds.